The molecule has 1 N–H and O–H groups in total. The third-order valence-electron chi connectivity index (χ3n) is 1.65. The fourth-order valence-electron chi connectivity index (χ4n) is 0.951. The first-order valence-corrected chi connectivity index (χ1v) is 5.22. The minimum atomic E-state index is 0.105. The van der Waals surface area contributed by atoms with Crippen LogP contribution >= 0.6 is 11.3 Å². The standard InChI is InChI=1S/C9H14N2OS/c1-3-8(12)10-5-4-9-11-6-7(2)13-9/h6H,3-5H2,1-2H3,(H,10,12). The van der Waals surface area contributed by atoms with E-state index in [1.807, 2.05) is 20.0 Å². The van der Waals surface area contributed by atoms with Crippen molar-refractivity contribution in [1.82, 2.24) is 10.3 Å². The zero-order chi connectivity index (χ0) is 9.68. The highest BCUT2D eigenvalue weighted by atomic mass is 32.1. The fourth-order valence-corrected chi connectivity index (χ4v) is 1.74. The number of carbonyl (C=O) groups excluding carboxylic acids is 1. The Morgan fingerprint density at radius 2 is 2.46 bits per heavy atom. The molecular weight excluding hydrogens is 184 g/mol. The van der Waals surface area contributed by atoms with Crippen molar-refractivity contribution in [3.63, 3.8) is 0 Å². The molecule has 72 valence electrons. The van der Waals surface area contributed by atoms with Gasteiger partial charge in [-0.15, -0.1) is 11.3 Å². The molecule has 0 atom stereocenters. The van der Waals surface area contributed by atoms with Crippen LogP contribution in [0, 0.1) is 6.92 Å². The maximum atomic E-state index is 10.9. The Balaban J connectivity index is 2.24. The number of rotatable bonds is 4. The summed E-state index contributed by atoms with van der Waals surface area (Å²) in [6, 6.07) is 0. The first-order valence-electron chi connectivity index (χ1n) is 4.40. The second-order valence-electron chi connectivity index (χ2n) is 2.82. The van der Waals surface area contributed by atoms with Crippen molar-refractivity contribution in [3.05, 3.63) is 16.1 Å². The van der Waals surface area contributed by atoms with E-state index in [-0.39, 0.29) is 5.91 Å². The van der Waals surface area contributed by atoms with E-state index in [0.717, 1.165) is 11.4 Å². The third kappa shape index (κ3) is 3.55. The van der Waals surface area contributed by atoms with Gasteiger partial charge in [0.25, 0.3) is 0 Å². The number of hydrogen-bond donors (Lipinski definition) is 1. The number of hydrogen-bond acceptors (Lipinski definition) is 3. The van der Waals surface area contributed by atoms with Crippen molar-refractivity contribution in [2.45, 2.75) is 26.7 Å². The van der Waals surface area contributed by atoms with E-state index in [9.17, 15) is 4.79 Å². The molecular formula is C9H14N2OS. The van der Waals surface area contributed by atoms with E-state index in [1.54, 1.807) is 11.3 Å². The molecule has 0 saturated carbocycles. The van der Waals surface area contributed by atoms with Gasteiger partial charge in [0.15, 0.2) is 0 Å². The van der Waals surface area contributed by atoms with Gasteiger partial charge in [0.2, 0.25) is 5.91 Å². The summed E-state index contributed by atoms with van der Waals surface area (Å²) in [6.07, 6.45) is 3.25. The third-order valence-corrected chi connectivity index (χ3v) is 2.62. The summed E-state index contributed by atoms with van der Waals surface area (Å²) in [5, 5.41) is 3.91. The van der Waals surface area contributed by atoms with Gasteiger partial charge in [-0.05, 0) is 6.92 Å². The van der Waals surface area contributed by atoms with Gasteiger partial charge >= 0.3 is 0 Å². The van der Waals surface area contributed by atoms with Crippen LogP contribution in [0.3, 0.4) is 0 Å². The number of nitrogens with one attached hydrogen (secondary N) is 1. The van der Waals surface area contributed by atoms with Gasteiger partial charge in [0.05, 0.1) is 5.01 Å². The lowest BCUT2D eigenvalue weighted by Crippen LogP contribution is -2.24. The SMILES string of the molecule is CCC(=O)NCCc1ncc(C)s1. The van der Waals surface area contributed by atoms with Crippen molar-refractivity contribution < 1.29 is 4.79 Å². The van der Waals surface area contributed by atoms with E-state index < -0.39 is 0 Å². The zero-order valence-corrected chi connectivity index (χ0v) is 8.78. The van der Waals surface area contributed by atoms with Crippen LogP contribution < -0.4 is 5.32 Å². The van der Waals surface area contributed by atoms with Crippen LogP contribution in [0.4, 0.5) is 0 Å². The lowest BCUT2D eigenvalue weighted by Gasteiger charge is -1.99. The summed E-state index contributed by atoms with van der Waals surface area (Å²) in [6.45, 7) is 4.58. The number of nitrogens with zero attached hydrogens (tertiary/aromatic N) is 1. The monoisotopic (exact) mass is 198 g/mol. The smallest absolute Gasteiger partial charge is 0.219 e. The summed E-state index contributed by atoms with van der Waals surface area (Å²) in [4.78, 5) is 16.3. The Bertz CT molecular complexity index is 283. The second kappa shape index (κ2) is 4.97. The molecule has 0 radical (unpaired) electrons. The molecule has 0 fully saturated rings. The molecule has 1 aromatic heterocycles. The average Bonchev–Trinajstić information content (AvgIpc) is 2.51. The molecule has 0 aliphatic carbocycles. The topological polar surface area (TPSA) is 42.0 Å². The van der Waals surface area contributed by atoms with E-state index in [0.29, 0.717) is 13.0 Å². The molecule has 0 unspecified atom stereocenters. The maximum Gasteiger partial charge on any atom is 0.219 e. The largest absolute Gasteiger partial charge is 0.356 e. The lowest BCUT2D eigenvalue weighted by atomic mass is 10.4. The Morgan fingerprint density at radius 3 is 3.00 bits per heavy atom. The van der Waals surface area contributed by atoms with E-state index in [1.165, 1.54) is 4.88 Å². The van der Waals surface area contributed by atoms with Crippen LogP contribution in [0.5, 0.6) is 0 Å². The Hall–Kier alpha value is -0.900. The number of aryl methyl sites for hydroxylation is 1. The molecule has 0 saturated heterocycles. The number of aromatic nitrogens is 1. The highest BCUT2D eigenvalue weighted by molar-refractivity contribution is 7.11. The molecule has 1 amide bonds. The van der Waals surface area contributed by atoms with Gasteiger partial charge in [-0.1, -0.05) is 6.92 Å². The number of amides is 1. The normalized spacial score (nSPS) is 10.0. The first kappa shape index (κ1) is 10.2. The van der Waals surface area contributed by atoms with Crippen LogP contribution in [0.25, 0.3) is 0 Å². The van der Waals surface area contributed by atoms with E-state index in [4.69, 9.17) is 0 Å². The molecule has 3 nitrogen and oxygen atoms in total. The number of carbonyl (C=O) groups is 1. The highest BCUT2D eigenvalue weighted by Gasteiger charge is 1.99. The molecule has 1 rings (SSSR count). The fraction of sp³-hybridized carbons (Fsp3) is 0.556. The maximum absolute atomic E-state index is 10.9. The molecule has 4 heteroatoms. The van der Waals surface area contributed by atoms with Crippen molar-refractivity contribution in [1.29, 1.82) is 0 Å². The van der Waals surface area contributed by atoms with Gasteiger partial charge in [-0.25, -0.2) is 4.98 Å². The molecule has 0 bridgehead atoms. The van der Waals surface area contributed by atoms with Gasteiger partial charge in [-0.3, -0.25) is 4.79 Å². The average molecular weight is 198 g/mol. The summed E-state index contributed by atoms with van der Waals surface area (Å²) >= 11 is 1.68. The lowest BCUT2D eigenvalue weighted by molar-refractivity contribution is -0.120. The van der Waals surface area contributed by atoms with Gasteiger partial charge in [0.1, 0.15) is 0 Å². The van der Waals surface area contributed by atoms with Crippen molar-refractivity contribution in [2.24, 2.45) is 0 Å². The van der Waals surface area contributed by atoms with Crippen LogP contribution in [0.15, 0.2) is 6.20 Å². The molecule has 0 spiro atoms. The molecule has 13 heavy (non-hydrogen) atoms. The predicted octanol–water partition coefficient (Wildman–Crippen LogP) is 1.52. The van der Waals surface area contributed by atoms with Gasteiger partial charge in [0, 0.05) is 30.5 Å². The van der Waals surface area contributed by atoms with E-state index >= 15 is 0 Å². The van der Waals surface area contributed by atoms with Crippen LogP contribution in [-0.2, 0) is 11.2 Å². The van der Waals surface area contributed by atoms with Crippen LogP contribution in [0.2, 0.25) is 0 Å². The number of thiazole rings is 1. The van der Waals surface area contributed by atoms with E-state index in [2.05, 4.69) is 10.3 Å². The summed E-state index contributed by atoms with van der Waals surface area (Å²) in [5.41, 5.74) is 0. The minimum absolute atomic E-state index is 0.105. The van der Waals surface area contributed by atoms with Crippen molar-refractivity contribution in [3.8, 4) is 0 Å². The van der Waals surface area contributed by atoms with Gasteiger partial charge in [-0.2, -0.15) is 0 Å². The van der Waals surface area contributed by atoms with Gasteiger partial charge < -0.3 is 5.32 Å². The van der Waals surface area contributed by atoms with Crippen molar-refractivity contribution >= 4 is 17.2 Å². The minimum Gasteiger partial charge on any atom is -0.356 e. The highest BCUT2D eigenvalue weighted by Crippen LogP contribution is 2.10. The first-order chi connectivity index (χ1) is 6.22. The zero-order valence-electron chi connectivity index (χ0n) is 7.96. The van der Waals surface area contributed by atoms with Crippen LogP contribution in [-0.4, -0.2) is 17.4 Å². The second-order valence-corrected chi connectivity index (χ2v) is 4.14. The quantitative estimate of drug-likeness (QED) is 0.797. The molecule has 0 aliphatic rings. The summed E-state index contributed by atoms with van der Waals surface area (Å²) in [5.74, 6) is 0.105. The summed E-state index contributed by atoms with van der Waals surface area (Å²) in [7, 11) is 0. The Morgan fingerprint density at radius 1 is 1.69 bits per heavy atom. The molecule has 1 aromatic rings. The molecule has 0 aromatic carbocycles. The Kier molecular flexibility index (Phi) is 3.89. The van der Waals surface area contributed by atoms with Crippen LogP contribution in [0.1, 0.15) is 23.2 Å². The van der Waals surface area contributed by atoms with Crippen molar-refractivity contribution in [2.75, 3.05) is 6.54 Å². The Labute approximate surface area is 82.2 Å². The molecule has 0 aliphatic heterocycles. The summed E-state index contributed by atoms with van der Waals surface area (Å²) < 4.78 is 0. The molecule has 1 heterocycles. The predicted molar refractivity (Wildman–Crippen MR) is 53.9 cm³/mol.